The number of nitrogens with zero attached hydrogens (tertiary/aromatic N) is 4. The highest BCUT2D eigenvalue weighted by molar-refractivity contribution is 6.08. The van der Waals surface area contributed by atoms with Gasteiger partial charge in [0.2, 0.25) is 0 Å². The number of hydrogen-bond acceptors (Lipinski definition) is 9. The van der Waals surface area contributed by atoms with Gasteiger partial charge in [0.25, 0.3) is 0 Å². The van der Waals surface area contributed by atoms with E-state index in [9.17, 15) is 4.79 Å². The first-order chi connectivity index (χ1) is 17.9. The lowest BCUT2D eigenvalue weighted by Crippen LogP contribution is -2.15. The molecule has 0 saturated carbocycles. The number of carbonyl (C=O) groups excluding carboxylic acids is 1. The van der Waals surface area contributed by atoms with Gasteiger partial charge in [0.1, 0.15) is 12.7 Å². The summed E-state index contributed by atoms with van der Waals surface area (Å²) in [5, 5.41) is 4.88. The van der Waals surface area contributed by atoms with Crippen molar-refractivity contribution in [3.8, 4) is 34.1 Å². The van der Waals surface area contributed by atoms with Gasteiger partial charge in [-0.1, -0.05) is 6.07 Å². The first-order valence-corrected chi connectivity index (χ1v) is 11.8. The average Bonchev–Trinajstić information content (AvgIpc) is 3.40. The minimum absolute atomic E-state index is 0.0393. The van der Waals surface area contributed by atoms with Gasteiger partial charge < -0.3 is 23.7 Å². The van der Waals surface area contributed by atoms with E-state index < -0.39 is 5.97 Å². The van der Waals surface area contributed by atoms with E-state index in [-0.39, 0.29) is 19.3 Å². The SMILES string of the molecule is CCOC(=O)c1c(Cn2cncn2)nc2cc(OC)c(OC)cc2c1-c1ccc(OC(C)C)c(OC)c1. The number of esters is 1. The highest BCUT2D eigenvalue weighted by atomic mass is 16.5. The minimum Gasteiger partial charge on any atom is -0.493 e. The summed E-state index contributed by atoms with van der Waals surface area (Å²) in [6.07, 6.45) is 2.96. The number of hydrogen-bond donors (Lipinski definition) is 0. The predicted octanol–water partition coefficient (Wildman–Crippen LogP) is 4.53. The monoisotopic (exact) mass is 506 g/mol. The van der Waals surface area contributed by atoms with Gasteiger partial charge in [0.15, 0.2) is 23.0 Å². The molecule has 10 heteroatoms. The molecule has 0 atom stereocenters. The van der Waals surface area contributed by atoms with Crippen molar-refractivity contribution in [2.24, 2.45) is 0 Å². The summed E-state index contributed by atoms with van der Waals surface area (Å²) in [6, 6.07) is 9.14. The highest BCUT2D eigenvalue weighted by Crippen LogP contribution is 2.42. The third-order valence-corrected chi connectivity index (χ3v) is 5.64. The van der Waals surface area contributed by atoms with Crippen LogP contribution in [0.25, 0.3) is 22.0 Å². The fourth-order valence-electron chi connectivity index (χ4n) is 4.12. The third-order valence-electron chi connectivity index (χ3n) is 5.64. The van der Waals surface area contributed by atoms with Crippen molar-refractivity contribution in [2.75, 3.05) is 27.9 Å². The maximum absolute atomic E-state index is 13.5. The van der Waals surface area contributed by atoms with Crippen LogP contribution in [0.1, 0.15) is 36.8 Å². The molecule has 4 rings (SSSR count). The van der Waals surface area contributed by atoms with Crippen LogP contribution in [-0.2, 0) is 11.3 Å². The Labute approximate surface area is 215 Å². The summed E-state index contributed by atoms with van der Waals surface area (Å²) in [4.78, 5) is 22.3. The smallest absolute Gasteiger partial charge is 0.340 e. The number of fused-ring (bicyclic) bond motifs is 1. The standard InChI is InChI=1S/C27H30N4O6/c1-7-36-27(32)26-20(13-31-15-28-14-29-31)30-19-12-24(35-6)23(34-5)11-18(19)25(26)17-8-9-21(37-16(2)3)22(10-17)33-4/h8-12,14-16H,7,13H2,1-6H3. The van der Waals surface area contributed by atoms with Crippen molar-refractivity contribution in [3.05, 3.63) is 54.2 Å². The fraction of sp³-hybridized carbons (Fsp3) is 0.333. The van der Waals surface area contributed by atoms with E-state index in [1.165, 1.54) is 6.33 Å². The van der Waals surface area contributed by atoms with Crippen molar-refractivity contribution in [2.45, 2.75) is 33.4 Å². The lowest BCUT2D eigenvalue weighted by molar-refractivity contribution is 0.0525. The first kappa shape index (κ1) is 25.7. The molecule has 4 aromatic rings. The van der Waals surface area contributed by atoms with Gasteiger partial charge >= 0.3 is 5.97 Å². The number of pyridine rings is 1. The summed E-state index contributed by atoms with van der Waals surface area (Å²) >= 11 is 0. The van der Waals surface area contributed by atoms with Gasteiger partial charge in [0, 0.05) is 17.0 Å². The Morgan fingerprint density at radius 3 is 2.30 bits per heavy atom. The molecule has 0 radical (unpaired) electrons. The largest absolute Gasteiger partial charge is 0.493 e. The number of ether oxygens (including phenoxy) is 5. The number of rotatable bonds is 10. The van der Waals surface area contributed by atoms with Crippen molar-refractivity contribution in [1.82, 2.24) is 19.7 Å². The molecule has 37 heavy (non-hydrogen) atoms. The van der Waals surface area contributed by atoms with Crippen molar-refractivity contribution in [3.63, 3.8) is 0 Å². The van der Waals surface area contributed by atoms with Gasteiger partial charge in [-0.05, 0) is 44.5 Å². The summed E-state index contributed by atoms with van der Waals surface area (Å²) < 4.78 is 29.7. The second-order valence-corrected chi connectivity index (χ2v) is 8.38. The van der Waals surface area contributed by atoms with E-state index in [2.05, 4.69) is 10.1 Å². The van der Waals surface area contributed by atoms with Crippen LogP contribution in [0.4, 0.5) is 0 Å². The Hall–Kier alpha value is -4.34. The number of carbonyl (C=O) groups is 1. The van der Waals surface area contributed by atoms with E-state index in [4.69, 9.17) is 28.7 Å². The predicted molar refractivity (Wildman–Crippen MR) is 138 cm³/mol. The lowest BCUT2D eigenvalue weighted by atomic mass is 9.93. The Bertz CT molecular complexity index is 1400. The van der Waals surface area contributed by atoms with E-state index in [1.807, 2.05) is 38.1 Å². The van der Waals surface area contributed by atoms with Crippen LogP contribution >= 0.6 is 0 Å². The second-order valence-electron chi connectivity index (χ2n) is 8.38. The molecular weight excluding hydrogens is 476 g/mol. The molecule has 0 aliphatic heterocycles. The zero-order valence-electron chi connectivity index (χ0n) is 21.8. The molecule has 0 aliphatic rings. The van der Waals surface area contributed by atoms with Gasteiger partial charge in [-0.3, -0.25) is 0 Å². The molecule has 0 amide bonds. The molecule has 0 fully saturated rings. The van der Waals surface area contributed by atoms with Crippen LogP contribution in [0.2, 0.25) is 0 Å². The molecule has 2 aromatic heterocycles. The van der Waals surface area contributed by atoms with Crippen LogP contribution in [-0.4, -0.2) is 59.8 Å². The maximum atomic E-state index is 13.5. The number of aromatic nitrogens is 4. The zero-order chi connectivity index (χ0) is 26.5. The normalized spacial score (nSPS) is 11.0. The topological polar surface area (TPSA) is 107 Å². The second kappa shape index (κ2) is 11.2. The van der Waals surface area contributed by atoms with Crippen molar-refractivity contribution >= 4 is 16.9 Å². The Balaban J connectivity index is 2.08. The van der Waals surface area contributed by atoms with Crippen LogP contribution in [0.3, 0.4) is 0 Å². The molecule has 2 heterocycles. The number of methoxy groups -OCH3 is 3. The molecule has 0 unspecified atom stereocenters. The van der Waals surface area contributed by atoms with Crippen LogP contribution in [0.5, 0.6) is 23.0 Å². The number of benzene rings is 2. The molecule has 2 aromatic carbocycles. The Morgan fingerprint density at radius 1 is 0.973 bits per heavy atom. The quantitative estimate of drug-likeness (QED) is 0.287. The molecular formula is C27H30N4O6. The molecule has 10 nitrogen and oxygen atoms in total. The molecule has 0 spiro atoms. The average molecular weight is 507 g/mol. The lowest BCUT2D eigenvalue weighted by Gasteiger charge is -2.20. The van der Waals surface area contributed by atoms with Crippen molar-refractivity contribution < 1.29 is 28.5 Å². The first-order valence-electron chi connectivity index (χ1n) is 11.8. The zero-order valence-corrected chi connectivity index (χ0v) is 21.8. The summed E-state index contributed by atoms with van der Waals surface area (Å²) in [5.74, 6) is 1.65. The summed E-state index contributed by atoms with van der Waals surface area (Å²) in [5.41, 5.74) is 2.73. The minimum atomic E-state index is -0.502. The van der Waals surface area contributed by atoms with Gasteiger partial charge in [-0.25, -0.2) is 19.4 Å². The Morgan fingerprint density at radius 2 is 1.68 bits per heavy atom. The molecule has 194 valence electrons. The Kier molecular flexibility index (Phi) is 7.76. The highest BCUT2D eigenvalue weighted by Gasteiger charge is 2.26. The van der Waals surface area contributed by atoms with Crippen LogP contribution in [0.15, 0.2) is 43.0 Å². The molecule has 0 aliphatic carbocycles. The van der Waals surface area contributed by atoms with E-state index in [0.717, 1.165) is 5.56 Å². The van der Waals surface area contributed by atoms with Crippen molar-refractivity contribution in [1.29, 1.82) is 0 Å². The fourth-order valence-corrected chi connectivity index (χ4v) is 4.12. The van der Waals surface area contributed by atoms with E-state index >= 15 is 0 Å². The van der Waals surface area contributed by atoms with Crippen LogP contribution in [0, 0.1) is 0 Å². The molecule has 0 N–H and O–H groups in total. The summed E-state index contributed by atoms with van der Waals surface area (Å²) in [6.45, 7) is 6.06. The van der Waals surface area contributed by atoms with Gasteiger partial charge in [-0.15, -0.1) is 0 Å². The summed E-state index contributed by atoms with van der Waals surface area (Å²) in [7, 11) is 4.70. The molecule has 0 saturated heterocycles. The van der Waals surface area contributed by atoms with Crippen LogP contribution < -0.4 is 18.9 Å². The van der Waals surface area contributed by atoms with E-state index in [1.54, 1.807) is 45.3 Å². The van der Waals surface area contributed by atoms with Gasteiger partial charge in [-0.2, -0.15) is 5.10 Å². The van der Waals surface area contributed by atoms with Gasteiger partial charge in [0.05, 0.1) is 57.4 Å². The third kappa shape index (κ3) is 5.28. The maximum Gasteiger partial charge on any atom is 0.340 e. The van der Waals surface area contributed by atoms with E-state index in [0.29, 0.717) is 50.7 Å². The molecule has 0 bridgehead atoms.